The number of nitrogens with two attached hydrogens (primary N) is 1. The van der Waals surface area contributed by atoms with E-state index < -0.39 is 5.97 Å². The van der Waals surface area contributed by atoms with Gasteiger partial charge in [0, 0.05) is 0 Å². The third-order valence-corrected chi connectivity index (χ3v) is 2.47. The molecule has 2 N–H and O–H groups in total. The molecule has 1 aliphatic heterocycles. The van der Waals surface area contributed by atoms with Gasteiger partial charge in [-0.15, -0.1) is 0 Å². The molecule has 0 amide bonds. The molecule has 1 heterocycles. The molecule has 0 unspecified atom stereocenters. The average Bonchev–Trinajstić information content (AvgIpc) is 2.28. The van der Waals surface area contributed by atoms with E-state index in [9.17, 15) is 4.79 Å². The van der Waals surface area contributed by atoms with Crippen molar-refractivity contribution in [1.82, 2.24) is 0 Å². The molecule has 0 saturated heterocycles. The average molecular weight is 244 g/mol. The standard InChI is InChI=1S/C10H10ClNO4/c1-14-10(13)7-6(12)4-5(11)8-9(7)16-3-2-15-8/h4H,2-3,12H2,1H3. The molecule has 0 aliphatic carbocycles. The molecule has 0 bridgehead atoms. The molecule has 0 fully saturated rings. The highest BCUT2D eigenvalue weighted by Crippen LogP contribution is 2.43. The molecule has 86 valence electrons. The van der Waals surface area contributed by atoms with Gasteiger partial charge in [0.1, 0.15) is 18.8 Å². The SMILES string of the molecule is COC(=O)c1c(N)cc(Cl)c2c1OCCO2. The number of nitrogen functional groups attached to an aromatic ring is 1. The summed E-state index contributed by atoms with van der Waals surface area (Å²) in [5, 5.41) is 0.319. The van der Waals surface area contributed by atoms with Crippen LogP contribution in [0.4, 0.5) is 5.69 Å². The zero-order valence-corrected chi connectivity index (χ0v) is 9.34. The first-order valence-electron chi connectivity index (χ1n) is 4.61. The normalized spacial score (nSPS) is 13.4. The van der Waals surface area contributed by atoms with Crippen LogP contribution in [-0.2, 0) is 4.74 Å². The van der Waals surface area contributed by atoms with Gasteiger partial charge in [-0.25, -0.2) is 4.79 Å². The van der Waals surface area contributed by atoms with Gasteiger partial charge in [0.2, 0.25) is 0 Å². The van der Waals surface area contributed by atoms with Crippen LogP contribution in [0.15, 0.2) is 6.07 Å². The van der Waals surface area contributed by atoms with Crippen molar-refractivity contribution < 1.29 is 19.0 Å². The van der Waals surface area contributed by atoms with E-state index >= 15 is 0 Å². The predicted octanol–water partition coefficient (Wildman–Crippen LogP) is 1.48. The minimum Gasteiger partial charge on any atom is -0.485 e. The fourth-order valence-corrected chi connectivity index (χ4v) is 1.76. The van der Waals surface area contributed by atoms with Crippen LogP contribution < -0.4 is 15.2 Å². The topological polar surface area (TPSA) is 70.8 Å². The predicted molar refractivity (Wildman–Crippen MR) is 58.2 cm³/mol. The van der Waals surface area contributed by atoms with Crippen LogP contribution in [0.3, 0.4) is 0 Å². The van der Waals surface area contributed by atoms with E-state index in [0.717, 1.165) is 0 Å². The lowest BCUT2D eigenvalue weighted by molar-refractivity contribution is 0.0592. The maximum absolute atomic E-state index is 11.5. The van der Waals surface area contributed by atoms with E-state index in [1.54, 1.807) is 0 Å². The Morgan fingerprint density at radius 1 is 1.44 bits per heavy atom. The molecule has 0 radical (unpaired) electrons. The van der Waals surface area contributed by atoms with E-state index in [2.05, 4.69) is 4.74 Å². The summed E-state index contributed by atoms with van der Waals surface area (Å²) in [6, 6.07) is 1.45. The molecular formula is C10H10ClNO4. The molecule has 0 atom stereocenters. The second-order valence-corrected chi connectivity index (χ2v) is 3.58. The van der Waals surface area contributed by atoms with Crippen LogP contribution in [0.25, 0.3) is 0 Å². The number of halogens is 1. The van der Waals surface area contributed by atoms with Crippen molar-refractivity contribution in [3.8, 4) is 11.5 Å². The third kappa shape index (κ3) is 1.63. The highest BCUT2D eigenvalue weighted by molar-refractivity contribution is 6.33. The van der Waals surface area contributed by atoms with Gasteiger partial charge in [-0.3, -0.25) is 0 Å². The maximum atomic E-state index is 11.5. The molecule has 16 heavy (non-hydrogen) atoms. The van der Waals surface area contributed by atoms with Crippen molar-refractivity contribution in [3.05, 3.63) is 16.7 Å². The van der Waals surface area contributed by atoms with Crippen LogP contribution >= 0.6 is 11.6 Å². The van der Waals surface area contributed by atoms with Crippen molar-refractivity contribution in [1.29, 1.82) is 0 Å². The van der Waals surface area contributed by atoms with Gasteiger partial charge in [-0.05, 0) is 6.07 Å². The highest BCUT2D eigenvalue weighted by Gasteiger charge is 2.26. The number of hydrogen-bond acceptors (Lipinski definition) is 5. The number of carbonyl (C=O) groups is 1. The Bertz CT molecular complexity index is 447. The molecule has 2 rings (SSSR count). The molecule has 0 aromatic heterocycles. The number of ether oxygens (including phenoxy) is 3. The Morgan fingerprint density at radius 3 is 2.69 bits per heavy atom. The number of carbonyl (C=O) groups excluding carboxylic acids is 1. The van der Waals surface area contributed by atoms with E-state index in [1.807, 2.05) is 0 Å². The Hall–Kier alpha value is -1.62. The van der Waals surface area contributed by atoms with Crippen LogP contribution in [0, 0.1) is 0 Å². The number of hydrogen-bond donors (Lipinski definition) is 1. The van der Waals surface area contributed by atoms with Crippen molar-refractivity contribution in [2.75, 3.05) is 26.1 Å². The quantitative estimate of drug-likeness (QED) is 0.598. The zero-order valence-electron chi connectivity index (χ0n) is 8.58. The lowest BCUT2D eigenvalue weighted by Crippen LogP contribution is -2.19. The Balaban J connectivity index is 2.63. The van der Waals surface area contributed by atoms with Crippen LogP contribution in [0.1, 0.15) is 10.4 Å². The number of esters is 1. The summed E-state index contributed by atoms with van der Waals surface area (Å²) in [7, 11) is 1.27. The summed E-state index contributed by atoms with van der Waals surface area (Å²) >= 11 is 5.93. The molecule has 1 aromatic rings. The number of methoxy groups -OCH3 is 1. The zero-order chi connectivity index (χ0) is 11.7. The number of rotatable bonds is 1. The van der Waals surface area contributed by atoms with Gasteiger partial charge < -0.3 is 19.9 Å². The third-order valence-electron chi connectivity index (χ3n) is 2.19. The minimum absolute atomic E-state index is 0.154. The fourth-order valence-electron chi connectivity index (χ4n) is 1.50. The van der Waals surface area contributed by atoms with Gasteiger partial charge in [0.05, 0.1) is 17.8 Å². The van der Waals surface area contributed by atoms with Gasteiger partial charge in [0.25, 0.3) is 0 Å². The first kappa shape index (κ1) is 10.9. The first-order chi connectivity index (χ1) is 7.65. The Labute approximate surface area is 97.0 Å². The minimum atomic E-state index is -0.573. The molecule has 5 nitrogen and oxygen atoms in total. The van der Waals surface area contributed by atoms with Gasteiger partial charge in [0.15, 0.2) is 11.5 Å². The summed E-state index contributed by atoms with van der Waals surface area (Å²) < 4.78 is 15.3. The Morgan fingerprint density at radius 2 is 2.06 bits per heavy atom. The molecule has 1 aliphatic rings. The lowest BCUT2D eigenvalue weighted by Gasteiger charge is -2.22. The smallest absolute Gasteiger partial charge is 0.343 e. The van der Waals surface area contributed by atoms with Gasteiger partial charge in [-0.2, -0.15) is 0 Å². The summed E-state index contributed by atoms with van der Waals surface area (Å²) in [4.78, 5) is 11.5. The number of benzene rings is 1. The van der Waals surface area contributed by atoms with E-state index in [0.29, 0.717) is 24.0 Å². The van der Waals surface area contributed by atoms with Crippen LogP contribution in [0.5, 0.6) is 11.5 Å². The molecule has 1 aromatic carbocycles. The fraction of sp³-hybridized carbons (Fsp3) is 0.300. The van der Waals surface area contributed by atoms with E-state index in [4.69, 9.17) is 26.8 Å². The summed E-state index contributed by atoms with van der Waals surface area (Å²) in [6.45, 7) is 0.730. The van der Waals surface area contributed by atoms with Crippen molar-refractivity contribution in [3.63, 3.8) is 0 Å². The molecule has 6 heteroatoms. The van der Waals surface area contributed by atoms with Crippen molar-refractivity contribution in [2.45, 2.75) is 0 Å². The molecule has 0 saturated carbocycles. The number of anilines is 1. The highest BCUT2D eigenvalue weighted by atomic mass is 35.5. The number of fused-ring (bicyclic) bond motifs is 1. The van der Waals surface area contributed by atoms with E-state index in [1.165, 1.54) is 13.2 Å². The second-order valence-electron chi connectivity index (χ2n) is 3.17. The second kappa shape index (κ2) is 4.09. The van der Waals surface area contributed by atoms with E-state index in [-0.39, 0.29) is 17.0 Å². The molecular weight excluding hydrogens is 234 g/mol. The van der Waals surface area contributed by atoms with Crippen molar-refractivity contribution >= 4 is 23.3 Å². The van der Waals surface area contributed by atoms with Gasteiger partial charge in [-0.1, -0.05) is 11.6 Å². The maximum Gasteiger partial charge on any atom is 0.343 e. The molecule has 0 spiro atoms. The van der Waals surface area contributed by atoms with Crippen molar-refractivity contribution in [2.24, 2.45) is 0 Å². The monoisotopic (exact) mass is 243 g/mol. The summed E-state index contributed by atoms with van der Waals surface area (Å²) in [5.74, 6) is 0.0153. The largest absolute Gasteiger partial charge is 0.485 e. The van der Waals surface area contributed by atoms with Crippen LogP contribution in [-0.4, -0.2) is 26.3 Å². The summed E-state index contributed by atoms with van der Waals surface area (Å²) in [5.41, 5.74) is 6.06. The summed E-state index contributed by atoms with van der Waals surface area (Å²) in [6.07, 6.45) is 0. The van der Waals surface area contributed by atoms with Gasteiger partial charge >= 0.3 is 5.97 Å². The Kier molecular flexibility index (Phi) is 2.78. The van der Waals surface area contributed by atoms with Crippen LogP contribution in [0.2, 0.25) is 5.02 Å². The lowest BCUT2D eigenvalue weighted by atomic mass is 10.1. The first-order valence-corrected chi connectivity index (χ1v) is 4.99.